The Balaban J connectivity index is 1.89. The lowest BCUT2D eigenvalue weighted by atomic mass is 9.98. The lowest BCUT2D eigenvalue weighted by molar-refractivity contribution is 0.249. The van der Waals surface area contributed by atoms with Gasteiger partial charge in [0.1, 0.15) is 0 Å². The monoisotopic (exact) mass is 229 g/mol. The van der Waals surface area contributed by atoms with Crippen LogP contribution in [0.5, 0.6) is 0 Å². The van der Waals surface area contributed by atoms with E-state index in [4.69, 9.17) is 11.0 Å². The molecule has 0 unspecified atom stereocenters. The Labute approximate surface area is 103 Å². The summed E-state index contributed by atoms with van der Waals surface area (Å²) in [6, 6.07) is 8.39. The zero-order chi connectivity index (χ0) is 12.1. The van der Waals surface area contributed by atoms with Crippen LogP contribution in [0.3, 0.4) is 0 Å². The van der Waals surface area contributed by atoms with Gasteiger partial charge in [0, 0.05) is 25.2 Å². The lowest BCUT2D eigenvalue weighted by Gasteiger charge is -2.29. The summed E-state index contributed by atoms with van der Waals surface area (Å²) >= 11 is 0. The second-order valence-corrected chi connectivity index (χ2v) is 4.63. The van der Waals surface area contributed by atoms with Crippen LogP contribution >= 0.6 is 0 Å². The number of nitrogens with zero attached hydrogens (tertiary/aromatic N) is 2. The summed E-state index contributed by atoms with van der Waals surface area (Å²) < 4.78 is 0. The van der Waals surface area contributed by atoms with Crippen molar-refractivity contribution in [2.24, 2.45) is 0 Å². The Morgan fingerprint density at radius 1 is 1.35 bits per heavy atom. The highest BCUT2D eigenvalue weighted by molar-refractivity contribution is 5.51. The quantitative estimate of drug-likeness (QED) is 0.636. The molecule has 0 bridgehead atoms. The maximum absolute atomic E-state index is 8.49. The maximum atomic E-state index is 8.49. The Morgan fingerprint density at radius 3 is 3.06 bits per heavy atom. The van der Waals surface area contributed by atoms with Crippen molar-refractivity contribution < 1.29 is 0 Å². The number of unbranched alkanes of at least 4 members (excludes halogenated alkanes) is 2. The lowest BCUT2D eigenvalue weighted by Crippen LogP contribution is -2.31. The van der Waals surface area contributed by atoms with Gasteiger partial charge in [0.05, 0.1) is 6.07 Å². The Bertz CT molecular complexity index is 420. The smallest absolute Gasteiger partial charge is 0.0621 e. The van der Waals surface area contributed by atoms with E-state index in [0.29, 0.717) is 6.42 Å². The van der Waals surface area contributed by atoms with Crippen molar-refractivity contribution in [2.75, 3.05) is 18.8 Å². The molecule has 0 atom stereocenters. The minimum Gasteiger partial charge on any atom is -0.398 e. The van der Waals surface area contributed by atoms with Crippen molar-refractivity contribution in [3.05, 3.63) is 29.3 Å². The van der Waals surface area contributed by atoms with Gasteiger partial charge in [-0.1, -0.05) is 12.1 Å². The van der Waals surface area contributed by atoms with Crippen molar-refractivity contribution in [1.29, 1.82) is 5.26 Å². The molecule has 3 nitrogen and oxygen atoms in total. The molecule has 1 aliphatic heterocycles. The van der Waals surface area contributed by atoms with Gasteiger partial charge in [0.25, 0.3) is 0 Å². The molecule has 90 valence electrons. The summed E-state index contributed by atoms with van der Waals surface area (Å²) in [6.45, 7) is 3.19. The van der Waals surface area contributed by atoms with E-state index in [9.17, 15) is 0 Å². The SMILES string of the molecule is N#CCCCCN1CCc2c(N)cccc2C1. The average Bonchev–Trinajstić information content (AvgIpc) is 2.35. The molecular formula is C14H19N3. The highest BCUT2D eigenvalue weighted by atomic mass is 15.1. The average molecular weight is 229 g/mol. The van der Waals surface area contributed by atoms with E-state index in [2.05, 4.69) is 17.0 Å². The van der Waals surface area contributed by atoms with Gasteiger partial charge in [-0.15, -0.1) is 0 Å². The first-order chi connectivity index (χ1) is 8.31. The van der Waals surface area contributed by atoms with Crippen LogP contribution in [0.2, 0.25) is 0 Å². The Morgan fingerprint density at radius 2 is 2.24 bits per heavy atom. The molecule has 1 aliphatic rings. The third-order valence-electron chi connectivity index (χ3n) is 3.39. The topological polar surface area (TPSA) is 53.0 Å². The van der Waals surface area contributed by atoms with E-state index in [-0.39, 0.29) is 0 Å². The molecule has 0 radical (unpaired) electrons. The molecule has 17 heavy (non-hydrogen) atoms. The fourth-order valence-electron chi connectivity index (χ4n) is 2.43. The van der Waals surface area contributed by atoms with E-state index in [1.807, 2.05) is 12.1 Å². The third-order valence-corrected chi connectivity index (χ3v) is 3.39. The highest BCUT2D eigenvalue weighted by Crippen LogP contribution is 2.24. The van der Waals surface area contributed by atoms with Crippen LogP contribution in [0, 0.1) is 11.3 Å². The van der Waals surface area contributed by atoms with E-state index in [0.717, 1.165) is 44.6 Å². The number of benzene rings is 1. The van der Waals surface area contributed by atoms with Gasteiger partial charge in [0.15, 0.2) is 0 Å². The van der Waals surface area contributed by atoms with Crippen molar-refractivity contribution in [3.8, 4) is 6.07 Å². The van der Waals surface area contributed by atoms with Crippen LogP contribution in [-0.2, 0) is 13.0 Å². The zero-order valence-corrected chi connectivity index (χ0v) is 10.2. The Kier molecular flexibility index (Phi) is 4.00. The van der Waals surface area contributed by atoms with Crippen molar-refractivity contribution >= 4 is 5.69 Å². The fraction of sp³-hybridized carbons (Fsp3) is 0.500. The van der Waals surface area contributed by atoms with E-state index >= 15 is 0 Å². The van der Waals surface area contributed by atoms with Crippen LogP contribution < -0.4 is 5.73 Å². The zero-order valence-electron chi connectivity index (χ0n) is 10.2. The Hall–Kier alpha value is -1.53. The van der Waals surface area contributed by atoms with Crippen LogP contribution in [0.15, 0.2) is 18.2 Å². The van der Waals surface area contributed by atoms with Gasteiger partial charge in [-0.25, -0.2) is 0 Å². The number of hydrogen-bond donors (Lipinski definition) is 1. The standard InChI is InChI=1S/C14H19N3/c15-8-2-1-3-9-17-10-7-13-12(11-17)5-4-6-14(13)16/h4-6H,1-3,7,9-11,16H2. The minimum atomic E-state index is 0.678. The van der Waals surface area contributed by atoms with Gasteiger partial charge in [-0.3, -0.25) is 4.90 Å². The summed E-state index contributed by atoms with van der Waals surface area (Å²) in [5.74, 6) is 0. The molecule has 0 amide bonds. The molecule has 1 aromatic carbocycles. The van der Waals surface area contributed by atoms with Crippen LogP contribution in [0.25, 0.3) is 0 Å². The first-order valence-corrected chi connectivity index (χ1v) is 6.27. The summed E-state index contributed by atoms with van der Waals surface area (Å²) in [7, 11) is 0. The second kappa shape index (κ2) is 5.70. The first kappa shape index (κ1) is 11.9. The van der Waals surface area contributed by atoms with Gasteiger partial charge < -0.3 is 5.73 Å². The number of fused-ring (bicyclic) bond motifs is 1. The number of nitrogen functional groups attached to an aromatic ring is 1. The number of nitriles is 1. The molecular weight excluding hydrogens is 210 g/mol. The molecule has 1 heterocycles. The van der Waals surface area contributed by atoms with E-state index in [1.165, 1.54) is 11.1 Å². The van der Waals surface area contributed by atoms with Crippen LogP contribution in [-0.4, -0.2) is 18.0 Å². The van der Waals surface area contributed by atoms with E-state index < -0.39 is 0 Å². The number of nitrogens with two attached hydrogens (primary N) is 1. The van der Waals surface area contributed by atoms with Crippen molar-refractivity contribution in [2.45, 2.75) is 32.2 Å². The molecule has 2 N–H and O–H groups in total. The number of rotatable bonds is 4. The molecule has 0 aromatic heterocycles. The largest absolute Gasteiger partial charge is 0.398 e. The van der Waals surface area contributed by atoms with Gasteiger partial charge in [0.2, 0.25) is 0 Å². The van der Waals surface area contributed by atoms with Gasteiger partial charge in [-0.2, -0.15) is 5.26 Å². The van der Waals surface area contributed by atoms with Gasteiger partial charge in [-0.05, 0) is 43.0 Å². The maximum Gasteiger partial charge on any atom is 0.0621 e. The molecule has 0 aliphatic carbocycles. The highest BCUT2D eigenvalue weighted by Gasteiger charge is 2.16. The van der Waals surface area contributed by atoms with Crippen LogP contribution in [0.1, 0.15) is 30.4 Å². The molecule has 0 saturated heterocycles. The molecule has 3 heteroatoms. The summed E-state index contributed by atoms with van der Waals surface area (Å²) in [5, 5.41) is 8.49. The first-order valence-electron chi connectivity index (χ1n) is 6.27. The van der Waals surface area contributed by atoms with Crippen molar-refractivity contribution in [1.82, 2.24) is 4.90 Å². The van der Waals surface area contributed by atoms with E-state index in [1.54, 1.807) is 0 Å². The fourth-order valence-corrected chi connectivity index (χ4v) is 2.43. The number of anilines is 1. The molecule has 0 fully saturated rings. The van der Waals surface area contributed by atoms with Gasteiger partial charge >= 0.3 is 0 Å². The third kappa shape index (κ3) is 2.98. The van der Waals surface area contributed by atoms with Crippen molar-refractivity contribution in [3.63, 3.8) is 0 Å². The summed E-state index contributed by atoms with van der Waals surface area (Å²) in [6.07, 6.45) is 3.86. The predicted molar refractivity (Wildman–Crippen MR) is 69.3 cm³/mol. The summed E-state index contributed by atoms with van der Waals surface area (Å²) in [5.41, 5.74) is 9.61. The normalized spacial score (nSPS) is 15.2. The minimum absolute atomic E-state index is 0.678. The predicted octanol–water partition coefficient (Wildman–Crippen LogP) is 2.32. The number of hydrogen-bond acceptors (Lipinski definition) is 3. The molecule has 0 spiro atoms. The van der Waals surface area contributed by atoms with Crippen LogP contribution in [0.4, 0.5) is 5.69 Å². The molecule has 2 rings (SSSR count). The summed E-state index contributed by atoms with van der Waals surface area (Å²) in [4.78, 5) is 2.46. The molecule has 0 saturated carbocycles. The molecule has 1 aromatic rings. The second-order valence-electron chi connectivity index (χ2n) is 4.63.